The highest BCUT2D eigenvalue weighted by Gasteiger charge is 2.29. The lowest BCUT2D eigenvalue weighted by Crippen LogP contribution is -2.43. The van der Waals surface area contributed by atoms with Gasteiger partial charge in [0.25, 0.3) is 0 Å². The number of nitrogens with one attached hydrogen (secondary N) is 1. The van der Waals surface area contributed by atoms with Crippen molar-refractivity contribution in [1.29, 1.82) is 0 Å². The summed E-state index contributed by atoms with van der Waals surface area (Å²) in [7, 11) is 1.41. The molecule has 0 amide bonds. The molecule has 0 aromatic heterocycles. The molecular weight excluding hydrogens is 266 g/mol. The van der Waals surface area contributed by atoms with Crippen LogP contribution < -0.4 is 10.1 Å². The molecule has 0 heterocycles. The number of ether oxygens (including phenoxy) is 2. The van der Waals surface area contributed by atoms with E-state index in [1.54, 1.807) is 0 Å². The molecule has 0 bridgehead atoms. The Morgan fingerprint density at radius 2 is 2.05 bits per heavy atom. The topological polar surface area (TPSA) is 47.6 Å². The van der Waals surface area contributed by atoms with E-state index in [1.807, 2.05) is 12.1 Å². The van der Waals surface area contributed by atoms with Crippen LogP contribution in [-0.2, 0) is 16.0 Å². The number of carbonyl (C=O) groups is 1. The molecule has 1 aromatic carbocycles. The van der Waals surface area contributed by atoms with E-state index in [4.69, 9.17) is 9.47 Å². The maximum Gasteiger partial charge on any atom is 0.326 e. The first kappa shape index (κ1) is 15.8. The van der Waals surface area contributed by atoms with E-state index in [9.17, 15) is 4.79 Å². The van der Waals surface area contributed by atoms with Crippen LogP contribution in [0.3, 0.4) is 0 Å². The molecule has 116 valence electrons. The molecule has 1 aliphatic rings. The number of rotatable bonds is 9. The third-order valence-electron chi connectivity index (χ3n) is 3.66. The number of aryl methyl sites for hydroxylation is 1. The van der Waals surface area contributed by atoms with E-state index >= 15 is 0 Å². The predicted octanol–water partition coefficient (Wildman–Crippen LogP) is 2.70. The van der Waals surface area contributed by atoms with Gasteiger partial charge < -0.3 is 9.47 Å². The van der Waals surface area contributed by atoms with E-state index in [0.717, 1.165) is 25.0 Å². The number of methoxy groups -OCH3 is 1. The summed E-state index contributed by atoms with van der Waals surface area (Å²) in [6.45, 7) is 2.49. The van der Waals surface area contributed by atoms with Crippen LogP contribution in [0.4, 0.5) is 0 Å². The Morgan fingerprint density at radius 3 is 2.62 bits per heavy atom. The van der Waals surface area contributed by atoms with Gasteiger partial charge in [-0.05, 0) is 43.4 Å². The molecule has 1 N–H and O–H groups in total. The van der Waals surface area contributed by atoms with Crippen LogP contribution in [0.15, 0.2) is 24.3 Å². The first-order chi connectivity index (χ1) is 10.2. The highest BCUT2D eigenvalue weighted by molar-refractivity contribution is 5.75. The molecule has 0 radical (unpaired) electrons. The Hall–Kier alpha value is -1.55. The van der Waals surface area contributed by atoms with E-state index in [2.05, 4.69) is 24.4 Å². The van der Waals surface area contributed by atoms with Gasteiger partial charge in [0.1, 0.15) is 18.4 Å². The molecule has 4 nitrogen and oxygen atoms in total. The summed E-state index contributed by atoms with van der Waals surface area (Å²) >= 11 is 0. The molecule has 2 rings (SSSR count). The van der Waals surface area contributed by atoms with Gasteiger partial charge in [0.2, 0.25) is 0 Å². The Morgan fingerprint density at radius 1 is 1.33 bits per heavy atom. The van der Waals surface area contributed by atoms with Crippen LogP contribution in [-0.4, -0.2) is 31.8 Å². The van der Waals surface area contributed by atoms with Crippen molar-refractivity contribution in [3.63, 3.8) is 0 Å². The first-order valence-electron chi connectivity index (χ1n) is 7.78. The van der Waals surface area contributed by atoms with Gasteiger partial charge >= 0.3 is 5.97 Å². The number of benzene rings is 1. The molecule has 1 aromatic rings. The van der Waals surface area contributed by atoms with Crippen LogP contribution in [0.5, 0.6) is 5.75 Å². The molecule has 21 heavy (non-hydrogen) atoms. The van der Waals surface area contributed by atoms with Gasteiger partial charge in [-0.1, -0.05) is 25.5 Å². The first-order valence-corrected chi connectivity index (χ1v) is 7.78. The van der Waals surface area contributed by atoms with Gasteiger partial charge in [-0.15, -0.1) is 0 Å². The highest BCUT2D eigenvalue weighted by Crippen LogP contribution is 2.20. The quantitative estimate of drug-likeness (QED) is 0.711. The summed E-state index contributed by atoms with van der Waals surface area (Å²) in [5.41, 5.74) is 1.32. The van der Waals surface area contributed by atoms with E-state index in [-0.39, 0.29) is 12.0 Å². The number of hydrogen-bond acceptors (Lipinski definition) is 4. The monoisotopic (exact) mass is 291 g/mol. The van der Waals surface area contributed by atoms with E-state index < -0.39 is 0 Å². The smallest absolute Gasteiger partial charge is 0.326 e. The summed E-state index contributed by atoms with van der Waals surface area (Å²) < 4.78 is 10.5. The van der Waals surface area contributed by atoms with Crippen molar-refractivity contribution in [2.24, 2.45) is 0 Å². The molecular formula is C17H25NO3. The second-order valence-electron chi connectivity index (χ2n) is 5.58. The zero-order valence-electron chi connectivity index (χ0n) is 12.9. The molecule has 4 heteroatoms. The van der Waals surface area contributed by atoms with E-state index in [1.165, 1.54) is 25.5 Å². The fourth-order valence-electron chi connectivity index (χ4n) is 2.17. The van der Waals surface area contributed by atoms with Crippen LogP contribution in [0.25, 0.3) is 0 Å². The average molecular weight is 291 g/mol. The Kier molecular flexibility index (Phi) is 6.05. The Bertz CT molecular complexity index is 440. The Balaban J connectivity index is 1.83. The lowest BCUT2D eigenvalue weighted by atomic mass is 10.1. The van der Waals surface area contributed by atoms with Crippen molar-refractivity contribution in [1.82, 2.24) is 5.32 Å². The second-order valence-corrected chi connectivity index (χ2v) is 5.58. The molecule has 0 spiro atoms. The van der Waals surface area contributed by atoms with Gasteiger partial charge in [-0.3, -0.25) is 10.1 Å². The Labute approximate surface area is 126 Å². The number of unbranched alkanes of at least 4 members (excludes halogenated alkanes) is 1. The minimum atomic E-state index is -0.387. The van der Waals surface area contributed by atoms with Gasteiger partial charge in [0.05, 0.1) is 7.11 Å². The minimum absolute atomic E-state index is 0.263. The lowest BCUT2D eigenvalue weighted by molar-refractivity contribution is -0.144. The van der Waals surface area contributed by atoms with Crippen LogP contribution >= 0.6 is 0 Å². The predicted molar refractivity (Wildman–Crippen MR) is 82.5 cm³/mol. The highest BCUT2D eigenvalue weighted by atomic mass is 16.5. The largest absolute Gasteiger partial charge is 0.491 e. The molecule has 1 aliphatic carbocycles. The van der Waals surface area contributed by atoms with Crippen LogP contribution in [0.1, 0.15) is 38.2 Å². The van der Waals surface area contributed by atoms with Crippen molar-refractivity contribution in [2.45, 2.75) is 51.1 Å². The second kappa shape index (κ2) is 8.03. The lowest BCUT2D eigenvalue weighted by Gasteiger charge is -2.17. The summed E-state index contributed by atoms with van der Waals surface area (Å²) in [6.07, 6.45) is 5.76. The zero-order valence-corrected chi connectivity index (χ0v) is 12.9. The van der Waals surface area contributed by atoms with Crippen LogP contribution in [0.2, 0.25) is 0 Å². The summed E-state index contributed by atoms with van der Waals surface area (Å²) in [6, 6.07) is 8.17. The van der Waals surface area contributed by atoms with Crippen molar-refractivity contribution in [3.05, 3.63) is 29.8 Å². The fraction of sp³-hybridized carbons (Fsp3) is 0.588. The summed E-state index contributed by atoms with van der Waals surface area (Å²) in [4.78, 5) is 11.7. The number of carbonyl (C=O) groups excluding carboxylic acids is 1. The third-order valence-corrected chi connectivity index (χ3v) is 3.66. The maximum absolute atomic E-state index is 11.7. The standard InChI is InChI=1S/C17H25NO3/c1-3-4-5-13-6-10-15(11-7-13)21-12-16(17(19)20-2)18-14-8-9-14/h6-7,10-11,14,16,18H,3-5,8-9,12H2,1-2H3. The molecule has 1 unspecified atom stereocenters. The van der Waals surface area contributed by atoms with Gasteiger partial charge in [-0.2, -0.15) is 0 Å². The normalized spacial score (nSPS) is 15.5. The number of esters is 1. The zero-order chi connectivity index (χ0) is 15.1. The van der Waals surface area contributed by atoms with E-state index in [0.29, 0.717) is 12.6 Å². The molecule has 0 aliphatic heterocycles. The van der Waals surface area contributed by atoms with Crippen molar-refractivity contribution in [3.8, 4) is 5.75 Å². The molecule has 1 atom stereocenters. The van der Waals surface area contributed by atoms with Crippen molar-refractivity contribution >= 4 is 5.97 Å². The summed E-state index contributed by atoms with van der Waals surface area (Å²) in [5, 5.41) is 3.25. The molecule has 0 saturated heterocycles. The molecule has 1 fully saturated rings. The third kappa shape index (κ3) is 5.38. The van der Waals surface area contributed by atoms with Crippen LogP contribution in [0, 0.1) is 0 Å². The van der Waals surface area contributed by atoms with Gasteiger partial charge in [0, 0.05) is 6.04 Å². The van der Waals surface area contributed by atoms with Gasteiger partial charge in [-0.25, -0.2) is 0 Å². The summed E-state index contributed by atoms with van der Waals surface area (Å²) in [5.74, 6) is 0.531. The SMILES string of the molecule is CCCCc1ccc(OCC(NC2CC2)C(=O)OC)cc1. The molecule has 1 saturated carbocycles. The van der Waals surface area contributed by atoms with Gasteiger partial charge in [0.15, 0.2) is 0 Å². The maximum atomic E-state index is 11.7. The average Bonchev–Trinajstić information content (AvgIpc) is 3.33. The van der Waals surface area contributed by atoms with Crippen molar-refractivity contribution in [2.75, 3.05) is 13.7 Å². The van der Waals surface area contributed by atoms with Crippen molar-refractivity contribution < 1.29 is 14.3 Å². The minimum Gasteiger partial charge on any atom is -0.491 e. The fourth-order valence-corrected chi connectivity index (χ4v) is 2.17. The number of hydrogen-bond donors (Lipinski definition) is 1.